The third kappa shape index (κ3) is 3.28. The summed E-state index contributed by atoms with van der Waals surface area (Å²) in [5.74, 6) is 0.788. The van der Waals surface area contributed by atoms with Gasteiger partial charge in [0.2, 0.25) is 5.91 Å². The number of amides is 1. The van der Waals surface area contributed by atoms with Gasteiger partial charge < -0.3 is 4.90 Å². The van der Waals surface area contributed by atoms with E-state index in [1.54, 1.807) is 0 Å². The molecule has 0 spiro atoms. The van der Waals surface area contributed by atoms with E-state index in [0.717, 1.165) is 19.3 Å². The fourth-order valence-electron chi connectivity index (χ4n) is 4.17. The summed E-state index contributed by atoms with van der Waals surface area (Å²) in [5.41, 5.74) is 0.256. The summed E-state index contributed by atoms with van der Waals surface area (Å²) in [5, 5.41) is 3.65. The van der Waals surface area contributed by atoms with Crippen LogP contribution in [0.1, 0.15) is 79.6 Å². The molecule has 1 saturated heterocycles. The van der Waals surface area contributed by atoms with E-state index in [1.165, 1.54) is 25.7 Å². The molecule has 2 rings (SSSR count). The largest absolute Gasteiger partial charge is 0.322 e. The van der Waals surface area contributed by atoms with Crippen molar-refractivity contribution in [2.75, 3.05) is 0 Å². The second kappa shape index (κ2) is 6.68. The highest BCUT2D eigenvalue weighted by molar-refractivity contribution is 5.85. The van der Waals surface area contributed by atoms with Crippen LogP contribution in [-0.2, 0) is 4.79 Å². The molecular weight excluding hydrogens is 260 g/mol. The van der Waals surface area contributed by atoms with Crippen molar-refractivity contribution in [2.24, 2.45) is 11.3 Å². The molecule has 0 radical (unpaired) electrons. The first-order valence-electron chi connectivity index (χ1n) is 9.00. The molecule has 2 aliphatic rings. The predicted molar refractivity (Wildman–Crippen MR) is 88.0 cm³/mol. The Morgan fingerprint density at radius 1 is 1.33 bits per heavy atom. The SMILES string of the molecule is CCCC1NC(C(C)CC)C(=O)N1C1CCCCC1(C)C. The molecule has 0 aromatic heterocycles. The molecule has 1 amide bonds. The van der Waals surface area contributed by atoms with Crippen molar-refractivity contribution in [3.05, 3.63) is 0 Å². The number of carbonyl (C=O) groups is 1. The normalized spacial score (nSPS) is 34.2. The van der Waals surface area contributed by atoms with Crippen molar-refractivity contribution in [1.82, 2.24) is 10.2 Å². The van der Waals surface area contributed by atoms with Gasteiger partial charge in [-0.05, 0) is 30.6 Å². The van der Waals surface area contributed by atoms with Gasteiger partial charge in [0, 0.05) is 6.04 Å². The number of hydrogen-bond acceptors (Lipinski definition) is 2. The first-order chi connectivity index (χ1) is 9.92. The predicted octanol–water partition coefficient (Wildman–Crippen LogP) is 3.93. The Labute approximate surface area is 130 Å². The molecule has 4 atom stereocenters. The lowest BCUT2D eigenvalue weighted by atomic mass is 9.72. The number of carbonyl (C=O) groups excluding carboxylic acids is 1. The van der Waals surface area contributed by atoms with Crippen LogP contribution in [0.3, 0.4) is 0 Å². The summed E-state index contributed by atoms with van der Waals surface area (Å²) in [6, 6.07) is 0.445. The van der Waals surface area contributed by atoms with Gasteiger partial charge in [-0.2, -0.15) is 0 Å². The Balaban J connectivity index is 2.23. The molecule has 2 fully saturated rings. The summed E-state index contributed by atoms with van der Waals surface area (Å²) < 4.78 is 0. The molecule has 1 aliphatic heterocycles. The average molecular weight is 294 g/mol. The van der Waals surface area contributed by atoms with Crippen LogP contribution in [-0.4, -0.2) is 29.1 Å². The van der Waals surface area contributed by atoms with Crippen LogP contribution < -0.4 is 5.32 Å². The average Bonchev–Trinajstić information content (AvgIpc) is 2.75. The lowest BCUT2D eigenvalue weighted by Gasteiger charge is -2.46. The van der Waals surface area contributed by atoms with Crippen molar-refractivity contribution in [3.63, 3.8) is 0 Å². The Bertz CT molecular complexity index is 366. The fraction of sp³-hybridized carbons (Fsp3) is 0.944. The molecule has 0 aromatic rings. The highest BCUT2D eigenvalue weighted by Gasteiger charge is 2.48. The lowest BCUT2D eigenvalue weighted by molar-refractivity contribution is -0.137. The maximum absolute atomic E-state index is 13.0. The second-order valence-electron chi connectivity index (χ2n) is 7.83. The fourth-order valence-corrected chi connectivity index (χ4v) is 4.17. The minimum absolute atomic E-state index is 0.0317. The number of nitrogens with one attached hydrogen (secondary N) is 1. The Kier molecular flexibility index (Phi) is 5.34. The van der Waals surface area contributed by atoms with E-state index in [-0.39, 0.29) is 17.6 Å². The molecule has 0 aromatic carbocycles. The zero-order valence-electron chi connectivity index (χ0n) is 14.6. The van der Waals surface area contributed by atoms with Gasteiger partial charge in [0.1, 0.15) is 0 Å². The third-order valence-electron chi connectivity index (χ3n) is 5.79. The van der Waals surface area contributed by atoms with Crippen LogP contribution in [0.25, 0.3) is 0 Å². The zero-order chi connectivity index (χ0) is 15.6. The van der Waals surface area contributed by atoms with Gasteiger partial charge in [-0.25, -0.2) is 0 Å². The minimum atomic E-state index is 0.0317. The van der Waals surface area contributed by atoms with Crippen LogP contribution in [0, 0.1) is 11.3 Å². The van der Waals surface area contributed by atoms with Crippen LogP contribution in [0.4, 0.5) is 0 Å². The Hall–Kier alpha value is -0.570. The van der Waals surface area contributed by atoms with Crippen LogP contribution >= 0.6 is 0 Å². The van der Waals surface area contributed by atoms with E-state index in [2.05, 4.69) is 44.8 Å². The summed E-state index contributed by atoms with van der Waals surface area (Å²) >= 11 is 0. The van der Waals surface area contributed by atoms with Gasteiger partial charge >= 0.3 is 0 Å². The summed E-state index contributed by atoms with van der Waals surface area (Å²) in [4.78, 5) is 15.3. The van der Waals surface area contributed by atoms with Gasteiger partial charge in [0.05, 0.1) is 12.2 Å². The topological polar surface area (TPSA) is 32.3 Å². The number of hydrogen-bond donors (Lipinski definition) is 1. The summed E-state index contributed by atoms with van der Waals surface area (Å²) in [6.45, 7) is 11.3. The number of rotatable bonds is 5. The van der Waals surface area contributed by atoms with Gasteiger partial charge in [-0.3, -0.25) is 10.1 Å². The van der Waals surface area contributed by atoms with E-state index in [1.807, 2.05) is 0 Å². The van der Waals surface area contributed by atoms with Crippen LogP contribution in [0.5, 0.6) is 0 Å². The molecule has 1 saturated carbocycles. The van der Waals surface area contributed by atoms with Crippen molar-refractivity contribution >= 4 is 5.91 Å². The Morgan fingerprint density at radius 2 is 2.05 bits per heavy atom. The van der Waals surface area contributed by atoms with Gasteiger partial charge in [-0.15, -0.1) is 0 Å². The monoisotopic (exact) mass is 294 g/mol. The van der Waals surface area contributed by atoms with E-state index in [4.69, 9.17) is 0 Å². The molecule has 3 nitrogen and oxygen atoms in total. The summed E-state index contributed by atoms with van der Waals surface area (Å²) in [6.07, 6.45) is 8.51. The van der Waals surface area contributed by atoms with E-state index in [9.17, 15) is 4.79 Å². The standard InChI is InChI=1S/C18H34N2O/c1-6-10-15-19-16(13(3)7-2)17(21)20(15)14-11-8-9-12-18(14,4)5/h13-16,19H,6-12H2,1-5H3. The molecule has 4 unspecified atom stereocenters. The van der Waals surface area contributed by atoms with Gasteiger partial charge in [0.15, 0.2) is 0 Å². The lowest BCUT2D eigenvalue weighted by Crippen LogP contribution is -2.52. The zero-order valence-corrected chi connectivity index (χ0v) is 14.6. The van der Waals surface area contributed by atoms with Crippen molar-refractivity contribution in [2.45, 2.75) is 97.8 Å². The molecule has 1 N–H and O–H groups in total. The molecule has 3 heteroatoms. The van der Waals surface area contributed by atoms with Crippen LogP contribution in [0.2, 0.25) is 0 Å². The maximum atomic E-state index is 13.0. The quantitative estimate of drug-likeness (QED) is 0.833. The molecule has 122 valence electrons. The van der Waals surface area contributed by atoms with Crippen molar-refractivity contribution < 1.29 is 4.79 Å². The van der Waals surface area contributed by atoms with Gasteiger partial charge in [-0.1, -0.05) is 60.3 Å². The Morgan fingerprint density at radius 3 is 2.62 bits per heavy atom. The molecule has 1 aliphatic carbocycles. The third-order valence-corrected chi connectivity index (χ3v) is 5.79. The summed E-state index contributed by atoms with van der Waals surface area (Å²) in [7, 11) is 0. The maximum Gasteiger partial charge on any atom is 0.241 e. The van der Waals surface area contributed by atoms with Crippen LogP contribution in [0.15, 0.2) is 0 Å². The number of nitrogens with zero attached hydrogens (tertiary/aromatic N) is 1. The highest BCUT2D eigenvalue weighted by Crippen LogP contribution is 2.41. The first kappa shape index (κ1) is 16.8. The van der Waals surface area contributed by atoms with Gasteiger partial charge in [0.25, 0.3) is 0 Å². The molecular formula is C18H34N2O. The second-order valence-corrected chi connectivity index (χ2v) is 7.83. The minimum Gasteiger partial charge on any atom is -0.322 e. The first-order valence-corrected chi connectivity index (χ1v) is 9.00. The van der Waals surface area contributed by atoms with E-state index >= 15 is 0 Å². The van der Waals surface area contributed by atoms with Crippen molar-refractivity contribution in [3.8, 4) is 0 Å². The van der Waals surface area contributed by atoms with E-state index < -0.39 is 0 Å². The molecule has 0 bridgehead atoms. The highest BCUT2D eigenvalue weighted by atomic mass is 16.2. The van der Waals surface area contributed by atoms with Crippen molar-refractivity contribution in [1.29, 1.82) is 0 Å². The van der Waals surface area contributed by atoms with E-state index in [0.29, 0.717) is 17.9 Å². The molecule has 1 heterocycles. The smallest absolute Gasteiger partial charge is 0.241 e. The molecule has 21 heavy (non-hydrogen) atoms.